The maximum absolute atomic E-state index is 12.1. The van der Waals surface area contributed by atoms with Gasteiger partial charge in [0.25, 0.3) is 0 Å². The average molecular weight is 347 g/mol. The van der Waals surface area contributed by atoms with Gasteiger partial charge in [-0.2, -0.15) is 0 Å². The second-order valence-corrected chi connectivity index (χ2v) is 5.74. The van der Waals surface area contributed by atoms with E-state index in [-0.39, 0.29) is 5.75 Å². The van der Waals surface area contributed by atoms with Crippen LogP contribution in [0, 0.1) is 0 Å². The van der Waals surface area contributed by atoms with Crippen molar-refractivity contribution in [1.29, 1.82) is 0 Å². The molecule has 0 unspecified atom stereocenters. The molecule has 1 aliphatic heterocycles. The summed E-state index contributed by atoms with van der Waals surface area (Å²) in [6.07, 6.45) is -2.34. The van der Waals surface area contributed by atoms with Gasteiger partial charge in [0.1, 0.15) is 5.75 Å². The van der Waals surface area contributed by atoms with Crippen molar-refractivity contribution in [2.45, 2.75) is 32.2 Å². The molecule has 0 aromatic heterocycles. The fourth-order valence-corrected chi connectivity index (χ4v) is 2.87. The van der Waals surface area contributed by atoms with Gasteiger partial charge in [0.2, 0.25) is 0 Å². The highest BCUT2D eigenvalue weighted by molar-refractivity contribution is 7.80. The minimum atomic E-state index is -4.68. The highest BCUT2D eigenvalue weighted by atomic mass is 32.1. The summed E-state index contributed by atoms with van der Waals surface area (Å²) in [5, 5.41) is 6.57. The zero-order chi connectivity index (χ0) is 16.9. The van der Waals surface area contributed by atoms with E-state index in [0.717, 1.165) is 26.1 Å². The van der Waals surface area contributed by atoms with Crippen LogP contribution in [0.5, 0.6) is 5.75 Å². The van der Waals surface area contributed by atoms with E-state index in [1.807, 2.05) is 0 Å². The Hall–Kier alpha value is -1.54. The van der Waals surface area contributed by atoms with E-state index >= 15 is 0 Å². The molecule has 2 rings (SSSR count). The van der Waals surface area contributed by atoms with Gasteiger partial charge in [0.15, 0.2) is 5.11 Å². The summed E-state index contributed by atoms with van der Waals surface area (Å²) in [6.45, 7) is 5.03. The molecule has 1 aromatic rings. The number of ether oxygens (including phenoxy) is 1. The molecule has 0 spiro atoms. The monoisotopic (exact) mass is 347 g/mol. The van der Waals surface area contributed by atoms with Crippen LogP contribution in [0.2, 0.25) is 0 Å². The molecule has 0 bridgehead atoms. The van der Waals surface area contributed by atoms with Gasteiger partial charge in [-0.3, -0.25) is 4.90 Å². The van der Waals surface area contributed by atoms with Crippen molar-refractivity contribution < 1.29 is 17.9 Å². The number of thiocarbonyl (C=S) groups is 1. The topological polar surface area (TPSA) is 36.5 Å². The number of anilines is 1. The predicted octanol–water partition coefficient (Wildman–Crippen LogP) is 3.36. The predicted molar refractivity (Wildman–Crippen MR) is 87.6 cm³/mol. The van der Waals surface area contributed by atoms with Crippen molar-refractivity contribution in [3.63, 3.8) is 0 Å². The van der Waals surface area contributed by atoms with E-state index in [1.165, 1.54) is 30.7 Å². The van der Waals surface area contributed by atoms with Crippen LogP contribution >= 0.6 is 12.2 Å². The third-order valence-electron chi connectivity index (χ3n) is 3.75. The molecule has 2 N–H and O–H groups in total. The molecule has 1 aliphatic rings. The molecule has 0 amide bonds. The Labute approximate surface area is 139 Å². The fraction of sp³-hybridized carbons (Fsp3) is 0.533. The van der Waals surface area contributed by atoms with Gasteiger partial charge in [0, 0.05) is 18.3 Å². The summed E-state index contributed by atoms with van der Waals surface area (Å²) >= 11 is 5.21. The number of benzene rings is 1. The van der Waals surface area contributed by atoms with E-state index in [1.54, 1.807) is 0 Å². The van der Waals surface area contributed by atoms with Crippen molar-refractivity contribution in [2.75, 3.05) is 25.0 Å². The highest BCUT2D eigenvalue weighted by Gasteiger charge is 2.31. The standard InChI is InChI=1S/C15H20F3N3OS/c1-2-21-9-3-4-12(21)10-19-14(23)20-11-5-7-13(8-6-11)22-15(16,17)18/h5-8,12H,2-4,9-10H2,1H3,(H2,19,20,23)/t12-/m0/s1. The molecule has 0 radical (unpaired) electrons. The van der Waals surface area contributed by atoms with E-state index in [9.17, 15) is 13.2 Å². The van der Waals surface area contributed by atoms with Crippen LogP contribution in [0.3, 0.4) is 0 Å². The molecule has 1 atom stereocenters. The van der Waals surface area contributed by atoms with E-state index in [4.69, 9.17) is 12.2 Å². The molecular weight excluding hydrogens is 327 g/mol. The molecule has 0 saturated carbocycles. The minimum absolute atomic E-state index is 0.258. The lowest BCUT2D eigenvalue weighted by atomic mass is 10.2. The lowest BCUT2D eigenvalue weighted by molar-refractivity contribution is -0.274. The molecule has 4 nitrogen and oxygen atoms in total. The van der Waals surface area contributed by atoms with Gasteiger partial charge in [-0.05, 0) is 62.4 Å². The van der Waals surface area contributed by atoms with Gasteiger partial charge >= 0.3 is 6.36 Å². The first-order chi connectivity index (χ1) is 10.9. The zero-order valence-electron chi connectivity index (χ0n) is 12.8. The smallest absolute Gasteiger partial charge is 0.406 e. The Morgan fingerprint density at radius 1 is 1.35 bits per heavy atom. The van der Waals surface area contributed by atoms with Crippen LogP contribution in [0.1, 0.15) is 19.8 Å². The van der Waals surface area contributed by atoms with Gasteiger partial charge in [-0.15, -0.1) is 13.2 Å². The molecule has 8 heteroatoms. The summed E-state index contributed by atoms with van der Waals surface area (Å²) in [5.41, 5.74) is 0.607. The Morgan fingerprint density at radius 3 is 2.65 bits per heavy atom. The molecule has 128 valence electrons. The molecule has 1 fully saturated rings. The normalized spacial score (nSPS) is 18.7. The van der Waals surface area contributed by atoms with Crippen LogP contribution in [0.25, 0.3) is 0 Å². The van der Waals surface area contributed by atoms with Gasteiger partial charge in [0.05, 0.1) is 0 Å². The van der Waals surface area contributed by atoms with Crippen molar-refractivity contribution in [1.82, 2.24) is 10.2 Å². The van der Waals surface area contributed by atoms with Crippen molar-refractivity contribution in [2.24, 2.45) is 0 Å². The first-order valence-electron chi connectivity index (χ1n) is 7.52. The number of hydrogen-bond donors (Lipinski definition) is 2. The van der Waals surface area contributed by atoms with Crippen LogP contribution in [-0.2, 0) is 0 Å². The maximum Gasteiger partial charge on any atom is 0.573 e. The number of likely N-dealkylation sites (tertiary alicyclic amines) is 1. The van der Waals surface area contributed by atoms with Crippen molar-refractivity contribution >= 4 is 23.0 Å². The highest BCUT2D eigenvalue weighted by Crippen LogP contribution is 2.24. The number of nitrogens with zero attached hydrogens (tertiary/aromatic N) is 1. The third kappa shape index (κ3) is 5.87. The molecular formula is C15H20F3N3OS. The summed E-state index contributed by atoms with van der Waals surface area (Å²) in [5.74, 6) is -0.258. The Bertz CT molecular complexity index is 522. The number of nitrogens with one attached hydrogen (secondary N) is 2. The van der Waals surface area contributed by atoms with Crippen LogP contribution in [-0.4, -0.2) is 42.1 Å². The van der Waals surface area contributed by atoms with Crippen LogP contribution in [0.4, 0.5) is 18.9 Å². The van der Waals surface area contributed by atoms with E-state index in [0.29, 0.717) is 16.8 Å². The average Bonchev–Trinajstić information content (AvgIpc) is 2.93. The van der Waals surface area contributed by atoms with Gasteiger partial charge in [-0.25, -0.2) is 0 Å². The Kier molecular flexibility index (Phi) is 6.06. The maximum atomic E-state index is 12.1. The third-order valence-corrected chi connectivity index (χ3v) is 4.00. The number of rotatable bonds is 5. The lowest BCUT2D eigenvalue weighted by Crippen LogP contribution is -2.41. The second kappa shape index (κ2) is 7.83. The number of halogens is 3. The second-order valence-electron chi connectivity index (χ2n) is 5.33. The van der Waals surface area contributed by atoms with Gasteiger partial charge < -0.3 is 15.4 Å². The summed E-state index contributed by atoms with van der Waals surface area (Å²) < 4.78 is 40.1. The SMILES string of the molecule is CCN1CCC[C@H]1CNC(=S)Nc1ccc(OC(F)(F)F)cc1. The lowest BCUT2D eigenvalue weighted by Gasteiger charge is -2.23. The Balaban J connectivity index is 1.79. The quantitative estimate of drug-likeness (QED) is 0.799. The van der Waals surface area contributed by atoms with Crippen molar-refractivity contribution in [3.05, 3.63) is 24.3 Å². The van der Waals surface area contributed by atoms with Crippen molar-refractivity contribution in [3.8, 4) is 5.75 Å². The minimum Gasteiger partial charge on any atom is -0.406 e. The van der Waals surface area contributed by atoms with Crippen LogP contribution in [0.15, 0.2) is 24.3 Å². The molecule has 23 heavy (non-hydrogen) atoms. The number of likely N-dealkylation sites (N-methyl/N-ethyl adjacent to an activating group) is 1. The summed E-state index contributed by atoms with van der Waals surface area (Å²) in [4.78, 5) is 2.40. The zero-order valence-corrected chi connectivity index (χ0v) is 13.6. The first-order valence-corrected chi connectivity index (χ1v) is 7.93. The summed E-state index contributed by atoms with van der Waals surface area (Å²) in [6, 6.07) is 5.94. The number of hydrogen-bond acceptors (Lipinski definition) is 3. The molecule has 1 saturated heterocycles. The Morgan fingerprint density at radius 2 is 2.04 bits per heavy atom. The van der Waals surface area contributed by atoms with E-state index in [2.05, 4.69) is 27.2 Å². The fourth-order valence-electron chi connectivity index (χ4n) is 2.67. The number of alkyl halides is 3. The van der Waals surface area contributed by atoms with Crippen LogP contribution < -0.4 is 15.4 Å². The summed E-state index contributed by atoms with van der Waals surface area (Å²) in [7, 11) is 0. The first kappa shape index (κ1) is 17.8. The molecule has 1 aromatic carbocycles. The van der Waals surface area contributed by atoms with E-state index < -0.39 is 6.36 Å². The largest absolute Gasteiger partial charge is 0.573 e. The molecule has 0 aliphatic carbocycles. The van der Waals surface area contributed by atoms with Gasteiger partial charge in [-0.1, -0.05) is 6.92 Å². The molecule has 1 heterocycles.